The molecule has 0 radical (unpaired) electrons. The van der Waals surface area contributed by atoms with Gasteiger partial charge in [-0.3, -0.25) is 19.5 Å². The Bertz CT molecular complexity index is 2130. The maximum atomic E-state index is 14.3. The van der Waals surface area contributed by atoms with E-state index in [0.717, 1.165) is 72.2 Å². The molecule has 1 aliphatic heterocycles. The first-order valence-corrected chi connectivity index (χ1v) is 18.8. The lowest BCUT2D eigenvalue weighted by Gasteiger charge is -2.24. The number of rotatable bonds is 15. The van der Waals surface area contributed by atoms with Gasteiger partial charge in [-0.05, 0) is 91.2 Å². The molecule has 55 heavy (non-hydrogen) atoms. The molecule has 3 heterocycles. The normalized spacial score (nSPS) is 14.1. The van der Waals surface area contributed by atoms with Gasteiger partial charge in [-0.25, -0.2) is 13.6 Å². The van der Waals surface area contributed by atoms with Crippen molar-refractivity contribution in [1.82, 2.24) is 30.4 Å². The number of pyridine rings is 1. The monoisotopic (exact) mass is 790 g/mol. The number of anilines is 1. The van der Waals surface area contributed by atoms with Crippen LogP contribution < -0.4 is 27.0 Å². The fourth-order valence-electron chi connectivity index (χ4n) is 6.73. The zero-order valence-electron chi connectivity index (χ0n) is 30.0. The number of nitrogens with one attached hydrogen (secondary N) is 4. The summed E-state index contributed by atoms with van der Waals surface area (Å²) in [5.41, 5.74) is 9.72. The second-order valence-corrected chi connectivity index (χ2v) is 14.3. The van der Waals surface area contributed by atoms with E-state index in [0.29, 0.717) is 22.3 Å². The molecule has 3 aromatic carbocycles. The maximum Gasteiger partial charge on any atom is 0.319 e. The molecule has 0 aliphatic carbocycles. The number of amides is 4. The van der Waals surface area contributed by atoms with Crippen LogP contribution in [-0.4, -0.2) is 70.6 Å². The molecule has 1 aliphatic rings. The topological polar surface area (TPSA) is 146 Å². The number of likely N-dealkylation sites (tertiary alicyclic amines) is 1. The van der Waals surface area contributed by atoms with Crippen LogP contribution in [0.4, 0.5) is 19.3 Å². The highest BCUT2D eigenvalue weighted by Gasteiger charge is 2.28. The van der Waals surface area contributed by atoms with Gasteiger partial charge in [0.25, 0.3) is 0 Å². The van der Waals surface area contributed by atoms with Crippen LogP contribution in [0.1, 0.15) is 35.1 Å². The molecule has 1 fully saturated rings. The molecule has 4 amide bonds. The van der Waals surface area contributed by atoms with E-state index in [1.165, 1.54) is 6.07 Å². The predicted octanol–water partition coefficient (Wildman–Crippen LogP) is 5.80. The zero-order chi connectivity index (χ0) is 38.9. The summed E-state index contributed by atoms with van der Waals surface area (Å²) in [5.74, 6) is -3.35. The van der Waals surface area contributed by atoms with E-state index in [1.807, 2.05) is 12.1 Å². The van der Waals surface area contributed by atoms with E-state index >= 15 is 0 Å². The minimum absolute atomic E-state index is 0.119. The first-order valence-electron chi connectivity index (χ1n) is 18.0. The van der Waals surface area contributed by atoms with Gasteiger partial charge < -0.3 is 31.6 Å². The Hall–Kier alpha value is -5.08. The Morgan fingerprint density at radius 2 is 1.53 bits per heavy atom. The van der Waals surface area contributed by atoms with E-state index < -0.39 is 41.6 Å². The lowest BCUT2D eigenvalue weighted by atomic mass is 10.0. The van der Waals surface area contributed by atoms with Crippen molar-refractivity contribution < 1.29 is 23.2 Å². The van der Waals surface area contributed by atoms with E-state index in [-0.39, 0.29) is 31.5 Å². The maximum absolute atomic E-state index is 14.3. The fourth-order valence-corrected chi connectivity index (χ4v) is 7.25. The van der Waals surface area contributed by atoms with Crippen molar-refractivity contribution in [2.75, 3.05) is 31.5 Å². The summed E-state index contributed by atoms with van der Waals surface area (Å²) in [5, 5.41) is 13.0. The van der Waals surface area contributed by atoms with Crippen LogP contribution >= 0.6 is 23.2 Å². The minimum atomic E-state index is -1.30. The van der Waals surface area contributed by atoms with Crippen LogP contribution in [0.5, 0.6) is 0 Å². The second-order valence-electron chi connectivity index (χ2n) is 13.5. The first kappa shape index (κ1) is 39.6. The van der Waals surface area contributed by atoms with Gasteiger partial charge in [-0.1, -0.05) is 41.4 Å². The second kappa shape index (κ2) is 18.5. The molecule has 1 saturated heterocycles. The van der Waals surface area contributed by atoms with Crippen LogP contribution in [0.3, 0.4) is 0 Å². The van der Waals surface area contributed by atoms with Crippen molar-refractivity contribution in [3.63, 3.8) is 0 Å². The number of urea groups is 1. The van der Waals surface area contributed by atoms with E-state index in [1.54, 1.807) is 48.8 Å². The van der Waals surface area contributed by atoms with E-state index in [2.05, 4.69) is 41.9 Å². The molecule has 0 saturated carbocycles. The van der Waals surface area contributed by atoms with Gasteiger partial charge in [0.1, 0.15) is 12.1 Å². The van der Waals surface area contributed by atoms with Crippen molar-refractivity contribution in [3.05, 3.63) is 129 Å². The summed E-state index contributed by atoms with van der Waals surface area (Å²) in [4.78, 5) is 47.1. The quantitative estimate of drug-likeness (QED) is 0.0907. The molecular formula is C40H42Cl2F2N8O3. The average molecular weight is 792 g/mol. The molecule has 288 valence electrons. The summed E-state index contributed by atoms with van der Waals surface area (Å²) in [6, 6.07) is 14.5. The summed E-state index contributed by atoms with van der Waals surface area (Å²) in [7, 11) is 0. The lowest BCUT2D eigenvalue weighted by molar-refractivity contribution is -0.129. The molecule has 2 atom stereocenters. The molecule has 6 N–H and O–H groups in total. The third kappa shape index (κ3) is 10.4. The predicted molar refractivity (Wildman–Crippen MR) is 210 cm³/mol. The van der Waals surface area contributed by atoms with Crippen LogP contribution in [0.25, 0.3) is 10.9 Å². The highest BCUT2D eigenvalue weighted by Crippen LogP contribution is 2.31. The molecular weight excluding hydrogens is 749 g/mol. The third-order valence-corrected chi connectivity index (χ3v) is 10.2. The molecule has 0 bridgehead atoms. The third-order valence-electron chi connectivity index (χ3n) is 9.52. The lowest BCUT2D eigenvalue weighted by Crippen LogP contribution is -2.55. The van der Waals surface area contributed by atoms with Crippen molar-refractivity contribution in [3.8, 4) is 0 Å². The molecule has 2 aromatic heterocycles. The Morgan fingerprint density at radius 3 is 2.24 bits per heavy atom. The highest BCUT2D eigenvalue weighted by atomic mass is 35.5. The number of hydrogen-bond acceptors (Lipinski definition) is 6. The first-order chi connectivity index (χ1) is 26.6. The Kier molecular flexibility index (Phi) is 13.3. The number of nitrogens with zero attached hydrogens (tertiary/aromatic N) is 3. The van der Waals surface area contributed by atoms with Gasteiger partial charge in [-0.2, -0.15) is 0 Å². The Morgan fingerprint density at radius 1 is 0.818 bits per heavy atom. The summed E-state index contributed by atoms with van der Waals surface area (Å²) in [6.07, 6.45) is 7.44. The summed E-state index contributed by atoms with van der Waals surface area (Å²) < 4.78 is 30.1. The molecule has 15 heteroatoms. The zero-order valence-corrected chi connectivity index (χ0v) is 31.5. The SMILES string of the molecule is NCCNC(=O)[C@H](Cc1ccncc1)NC(=O)[C@@H](Cc1ccc(F)c(F)c1)NC(=O)Nc1ccc2c(CN3CCCC3)cn(Cc3c(Cl)cccc3Cl)c2c1. The average Bonchev–Trinajstić information content (AvgIpc) is 3.81. The molecule has 5 aromatic rings. The molecule has 0 unspecified atom stereocenters. The van der Waals surface area contributed by atoms with E-state index in [4.69, 9.17) is 28.9 Å². The van der Waals surface area contributed by atoms with Gasteiger partial charge in [0.2, 0.25) is 11.8 Å². The molecule has 0 spiro atoms. The number of halogens is 4. The van der Waals surface area contributed by atoms with Gasteiger partial charge in [0.15, 0.2) is 11.6 Å². The molecule has 11 nitrogen and oxygen atoms in total. The largest absolute Gasteiger partial charge is 0.353 e. The van der Waals surface area contributed by atoms with E-state index in [9.17, 15) is 23.2 Å². The summed E-state index contributed by atoms with van der Waals surface area (Å²) >= 11 is 13.1. The van der Waals surface area contributed by atoms with Crippen LogP contribution in [0.2, 0.25) is 10.0 Å². The van der Waals surface area contributed by atoms with Gasteiger partial charge in [-0.15, -0.1) is 0 Å². The summed E-state index contributed by atoms with van der Waals surface area (Å²) in [6.45, 7) is 3.56. The number of nitrogens with two attached hydrogens (primary N) is 1. The Balaban J connectivity index is 1.25. The molecule has 6 rings (SSSR count). The number of aromatic nitrogens is 2. The number of carbonyl (C=O) groups excluding carboxylic acids is 3. The van der Waals surface area contributed by atoms with Crippen molar-refractivity contribution in [2.45, 2.75) is 50.9 Å². The standard InChI is InChI=1S/C40H42Cl2F2N8O3/c41-31-4-3-5-32(42)30(31)24-52-23-27(22-51-16-1-2-17-51)29-8-7-28(21-37(29)52)48-40(55)50-36(20-26-6-9-33(43)34(44)18-26)39(54)49-35(38(53)47-15-12-45)19-25-10-13-46-14-11-25/h3-11,13-14,18,21,23,35-36H,1-2,12,15-17,19-20,22,24,45H2,(H,47,53)(H,49,54)(H2,48,50,55)/t35-,36+/m0/s1. The van der Waals surface area contributed by atoms with Gasteiger partial charge in [0.05, 0.1) is 12.1 Å². The van der Waals surface area contributed by atoms with Gasteiger partial charge in [0, 0.05) is 77.7 Å². The smallest absolute Gasteiger partial charge is 0.319 e. The van der Waals surface area contributed by atoms with Crippen molar-refractivity contribution in [2.24, 2.45) is 5.73 Å². The Labute approximate surface area is 327 Å². The van der Waals surface area contributed by atoms with Crippen LogP contribution in [0, 0.1) is 11.6 Å². The van der Waals surface area contributed by atoms with Gasteiger partial charge >= 0.3 is 6.03 Å². The minimum Gasteiger partial charge on any atom is -0.353 e. The van der Waals surface area contributed by atoms with Crippen LogP contribution in [-0.2, 0) is 35.5 Å². The number of benzene rings is 3. The van der Waals surface area contributed by atoms with Crippen molar-refractivity contribution >= 4 is 57.6 Å². The number of carbonyl (C=O) groups is 3. The number of hydrogen-bond donors (Lipinski definition) is 5. The van der Waals surface area contributed by atoms with Crippen LogP contribution in [0.15, 0.2) is 85.3 Å². The number of fused-ring (bicyclic) bond motifs is 1. The van der Waals surface area contributed by atoms with Crippen molar-refractivity contribution in [1.29, 1.82) is 0 Å². The fraction of sp³-hybridized carbons (Fsp3) is 0.300. The highest BCUT2D eigenvalue weighted by molar-refractivity contribution is 6.36.